The molecule has 2 heterocycles. The number of methoxy groups -OCH3 is 1. The number of H-pyrrole nitrogens is 1. The van der Waals surface area contributed by atoms with E-state index >= 15 is 0 Å². The number of aromatic nitrogens is 2. The predicted octanol–water partition coefficient (Wildman–Crippen LogP) is 3.40. The van der Waals surface area contributed by atoms with E-state index in [1.807, 2.05) is 24.3 Å². The largest absolute Gasteiger partial charge is 0.469 e. The maximum Gasteiger partial charge on any atom is 0.328 e. The van der Waals surface area contributed by atoms with Gasteiger partial charge in [-0.05, 0) is 68.1 Å². The van der Waals surface area contributed by atoms with Gasteiger partial charge in [-0.15, -0.1) is 0 Å². The number of fused-ring (bicyclic) bond motifs is 1. The summed E-state index contributed by atoms with van der Waals surface area (Å²) in [7, 11) is 1.43. The smallest absolute Gasteiger partial charge is 0.328 e. The molecule has 0 radical (unpaired) electrons. The number of piperidine rings is 1. The molecule has 4 rings (SSSR count). The molecule has 2 unspecified atom stereocenters. The van der Waals surface area contributed by atoms with Crippen LogP contribution in [0.5, 0.6) is 0 Å². The third-order valence-electron chi connectivity index (χ3n) is 6.49. The average molecular weight is 470 g/mol. The predicted molar refractivity (Wildman–Crippen MR) is 129 cm³/mol. The standard InChI is InChI=1S/C25H28ClN3O4/c1-33-24(31)21-16-28(15-12-19(21)17-8-10-18(26)11-9-17)13-4-5-14-29-23(30)20-6-2-3-7-22(20)27-25(29)32/h2-3,6-11,19,21H,4-5,12-16H2,1H3,(H,27,32). The number of unbranched alkanes of at least 4 members (excludes halogenated alkanes) is 1. The van der Waals surface area contributed by atoms with Crippen LogP contribution in [0, 0.1) is 5.92 Å². The minimum absolute atomic E-state index is 0.0979. The molecule has 1 fully saturated rings. The summed E-state index contributed by atoms with van der Waals surface area (Å²) in [4.78, 5) is 42.5. The number of likely N-dealkylation sites (tertiary alicyclic amines) is 1. The van der Waals surface area contributed by atoms with Gasteiger partial charge in [-0.3, -0.25) is 14.2 Å². The van der Waals surface area contributed by atoms with E-state index in [0.717, 1.165) is 31.5 Å². The molecule has 2 aromatic carbocycles. The van der Waals surface area contributed by atoms with Gasteiger partial charge in [0.05, 0.1) is 23.9 Å². The maximum atomic E-state index is 12.7. The van der Waals surface area contributed by atoms with Crippen molar-refractivity contribution in [3.63, 3.8) is 0 Å². The molecule has 174 valence electrons. The molecule has 0 spiro atoms. The van der Waals surface area contributed by atoms with Crippen molar-refractivity contribution in [3.8, 4) is 0 Å². The summed E-state index contributed by atoms with van der Waals surface area (Å²) in [6.07, 6.45) is 2.37. The van der Waals surface area contributed by atoms with E-state index in [-0.39, 0.29) is 29.1 Å². The topological polar surface area (TPSA) is 84.4 Å². The van der Waals surface area contributed by atoms with Crippen molar-refractivity contribution in [2.45, 2.75) is 31.7 Å². The summed E-state index contributed by atoms with van der Waals surface area (Å²) in [5.74, 6) is -0.342. The lowest BCUT2D eigenvalue weighted by atomic mass is 9.80. The van der Waals surface area contributed by atoms with Crippen LogP contribution in [-0.4, -0.2) is 47.2 Å². The Labute approximate surface area is 196 Å². The molecule has 33 heavy (non-hydrogen) atoms. The van der Waals surface area contributed by atoms with E-state index in [9.17, 15) is 14.4 Å². The molecule has 7 nitrogen and oxygen atoms in total. The first-order valence-corrected chi connectivity index (χ1v) is 11.6. The van der Waals surface area contributed by atoms with Crippen molar-refractivity contribution >= 4 is 28.5 Å². The second-order valence-electron chi connectivity index (χ2n) is 8.52. The fourth-order valence-electron chi connectivity index (χ4n) is 4.73. The summed E-state index contributed by atoms with van der Waals surface area (Å²) >= 11 is 6.02. The summed E-state index contributed by atoms with van der Waals surface area (Å²) < 4.78 is 6.36. The van der Waals surface area contributed by atoms with Crippen LogP contribution >= 0.6 is 11.6 Å². The SMILES string of the molecule is COC(=O)C1CN(CCCCn2c(=O)[nH]c3ccccc3c2=O)CCC1c1ccc(Cl)cc1. The van der Waals surface area contributed by atoms with Gasteiger partial charge in [0.15, 0.2) is 0 Å². The molecule has 0 saturated carbocycles. The molecule has 3 aromatic rings. The number of carbonyl (C=O) groups is 1. The summed E-state index contributed by atoms with van der Waals surface area (Å²) in [6, 6.07) is 14.7. The highest BCUT2D eigenvalue weighted by Gasteiger charge is 2.35. The molecule has 1 aliphatic heterocycles. The van der Waals surface area contributed by atoms with Crippen LogP contribution in [0.15, 0.2) is 58.1 Å². The first-order chi connectivity index (χ1) is 16.0. The minimum Gasteiger partial charge on any atom is -0.469 e. The molecule has 1 saturated heterocycles. The van der Waals surface area contributed by atoms with Crippen LogP contribution in [0.2, 0.25) is 5.02 Å². The highest BCUT2D eigenvalue weighted by Crippen LogP contribution is 2.34. The van der Waals surface area contributed by atoms with Gasteiger partial charge >= 0.3 is 11.7 Å². The van der Waals surface area contributed by atoms with Gasteiger partial charge < -0.3 is 14.6 Å². The number of benzene rings is 2. The molecule has 1 aromatic heterocycles. The zero-order valence-electron chi connectivity index (χ0n) is 18.6. The second-order valence-corrected chi connectivity index (χ2v) is 8.95. The molecular formula is C25H28ClN3O4. The van der Waals surface area contributed by atoms with Crippen LogP contribution < -0.4 is 11.2 Å². The van der Waals surface area contributed by atoms with E-state index in [4.69, 9.17) is 16.3 Å². The Morgan fingerprint density at radius 3 is 2.58 bits per heavy atom. The lowest BCUT2D eigenvalue weighted by Gasteiger charge is -2.37. The Hall–Kier alpha value is -2.90. The van der Waals surface area contributed by atoms with Crippen molar-refractivity contribution in [3.05, 3.63) is 80.0 Å². The molecule has 0 bridgehead atoms. The number of para-hydroxylation sites is 1. The number of esters is 1. The van der Waals surface area contributed by atoms with Crippen LogP contribution in [0.4, 0.5) is 0 Å². The number of hydrogen-bond acceptors (Lipinski definition) is 5. The van der Waals surface area contributed by atoms with Gasteiger partial charge in [0, 0.05) is 18.1 Å². The number of halogens is 1. The van der Waals surface area contributed by atoms with Crippen LogP contribution in [0.3, 0.4) is 0 Å². The Bertz CT molecular complexity index is 1230. The quantitative estimate of drug-likeness (QED) is 0.423. The summed E-state index contributed by atoms with van der Waals surface area (Å²) in [5, 5.41) is 1.19. The number of hydrogen-bond donors (Lipinski definition) is 1. The van der Waals surface area contributed by atoms with Gasteiger partial charge in [0.1, 0.15) is 0 Å². The Kier molecular flexibility index (Phi) is 7.30. The molecule has 0 amide bonds. The number of aromatic amines is 1. The van der Waals surface area contributed by atoms with Gasteiger partial charge in [-0.1, -0.05) is 35.9 Å². The Morgan fingerprint density at radius 2 is 1.82 bits per heavy atom. The van der Waals surface area contributed by atoms with Crippen LogP contribution in [-0.2, 0) is 16.1 Å². The monoisotopic (exact) mass is 469 g/mol. The van der Waals surface area contributed by atoms with Crippen molar-refractivity contribution < 1.29 is 9.53 Å². The molecular weight excluding hydrogens is 442 g/mol. The van der Waals surface area contributed by atoms with Crippen LogP contribution in [0.25, 0.3) is 10.9 Å². The zero-order valence-corrected chi connectivity index (χ0v) is 19.4. The normalized spacial score (nSPS) is 19.0. The van der Waals surface area contributed by atoms with E-state index in [2.05, 4.69) is 9.88 Å². The number of nitrogens with one attached hydrogen (secondary N) is 1. The number of rotatable bonds is 7. The van der Waals surface area contributed by atoms with E-state index in [1.165, 1.54) is 11.7 Å². The molecule has 8 heteroatoms. The second kappa shape index (κ2) is 10.4. The Balaban J connectivity index is 1.36. The Morgan fingerprint density at radius 1 is 1.09 bits per heavy atom. The maximum absolute atomic E-state index is 12.7. The lowest BCUT2D eigenvalue weighted by Crippen LogP contribution is -2.43. The third-order valence-corrected chi connectivity index (χ3v) is 6.75. The van der Waals surface area contributed by atoms with Gasteiger partial charge in [0.25, 0.3) is 5.56 Å². The lowest BCUT2D eigenvalue weighted by molar-refractivity contribution is -0.148. The fraction of sp³-hybridized carbons (Fsp3) is 0.400. The highest BCUT2D eigenvalue weighted by molar-refractivity contribution is 6.30. The molecule has 1 N–H and O–H groups in total. The first kappa shape index (κ1) is 23.3. The zero-order chi connectivity index (χ0) is 23.4. The third kappa shape index (κ3) is 5.20. The van der Waals surface area contributed by atoms with E-state index in [0.29, 0.717) is 35.4 Å². The highest BCUT2D eigenvalue weighted by atomic mass is 35.5. The average Bonchev–Trinajstić information content (AvgIpc) is 2.83. The van der Waals surface area contributed by atoms with E-state index < -0.39 is 0 Å². The number of carbonyl (C=O) groups excluding carboxylic acids is 1. The van der Waals surface area contributed by atoms with Crippen molar-refractivity contribution in [2.24, 2.45) is 5.92 Å². The molecule has 1 aliphatic rings. The van der Waals surface area contributed by atoms with Crippen molar-refractivity contribution in [2.75, 3.05) is 26.7 Å². The number of ether oxygens (including phenoxy) is 1. The summed E-state index contributed by atoms with van der Waals surface area (Å²) in [6.45, 7) is 2.65. The molecule has 0 aliphatic carbocycles. The molecule has 2 atom stereocenters. The minimum atomic E-state index is -0.381. The van der Waals surface area contributed by atoms with Crippen LogP contribution in [0.1, 0.15) is 30.7 Å². The number of nitrogens with zero attached hydrogens (tertiary/aromatic N) is 2. The van der Waals surface area contributed by atoms with Crippen molar-refractivity contribution in [1.29, 1.82) is 0 Å². The fourth-order valence-corrected chi connectivity index (χ4v) is 4.86. The van der Waals surface area contributed by atoms with Crippen molar-refractivity contribution in [1.82, 2.24) is 14.5 Å². The summed E-state index contributed by atoms with van der Waals surface area (Å²) in [5.41, 5.74) is 1.02. The first-order valence-electron chi connectivity index (χ1n) is 11.3. The van der Waals surface area contributed by atoms with E-state index in [1.54, 1.807) is 24.3 Å². The van der Waals surface area contributed by atoms with Gasteiger partial charge in [0.2, 0.25) is 0 Å². The van der Waals surface area contributed by atoms with Gasteiger partial charge in [-0.25, -0.2) is 4.79 Å². The van der Waals surface area contributed by atoms with Gasteiger partial charge in [-0.2, -0.15) is 0 Å².